The third kappa shape index (κ3) is 7.07. The van der Waals surface area contributed by atoms with Crippen molar-refractivity contribution in [1.29, 1.82) is 0 Å². The molecule has 2 aromatic heterocycles. The third-order valence-electron chi connectivity index (χ3n) is 5.20. The highest BCUT2D eigenvalue weighted by atomic mass is 16.6. The fourth-order valence-corrected chi connectivity index (χ4v) is 3.47. The zero-order valence-corrected chi connectivity index (χ0v) is 21.2. The number of benzene rings is 1. The topological polar surface area (TPSA) is 148 Å². The molecule has 1 amide bonds. The zero-order valence-electron chi connectivity index (χ0n) is 21.2. The largest absolute Gasteiger partial charge is 0.469 e. The average molecular weight is 510 g/mol. The molecule has 13 nitrogen and oxygen atoms in total. The molecule has 0 unspecified atom stereocenters. The molecule has 1 aliphatic heterocycles. The summed E-state index contributed by atoms with van der Waals surface area (Å²) in [6.45, 7) is 6.41. The predicted molar refractivity (Wildman–Crippen MR) is 137 cm³/mol. The number of aromatic nitrogens is 4. The molecule has 3 heterocycles. The number of hydrogen-bond acceptors (Lipinski definition) is 11. The first kappa shape index (κ1) is 25.7. The van der Waals surface area contributed by atoms with Crippen LogP contribution >= 0.6 is 0 Å². The van der Waals surface area contributed by atoms with E-state index in [4.69, 9.17) is 4.74 Å². The van der Waals surface area contributed by atoms with E-state index in [1.165, 1.54) is 7.11 Å². The van der Waals surface area contributed by atoms with E-state index in [-0.39, 0.29) is 5.97 Å². The number of fused-ring (bicyclic) bond motifs is 1. The van der Waals surface area contributed by atoms with Gasteiger partial charge in [-0.2, -0.15) is 10.1 Å². The molecule has 1 aliphatic rings. The van der Waals surface area contributed by atoms with Crippen molar-refractivity contribution in [2.45, 2.75) is 52.3 Å². The number of aryl methyl sites for hydroxylation is 1. The number of esters is 1. The molecule has 0 aliphatic carbocycles. The number of hydrazine groups is 2. The molecule has 37 heavy (non-hydrogen) atoms. The van der Waals surface area contributed by atoms with Gasteiger partial charge >= 0.3 is 12.1 Å². The molecule has 0 bridgehead atoms. The Morgan fingerprint density at radius 1 is 1.14 bits per heavy atom. The first-order valence-corrected chi connectivity index (χ1v) is 11.8. The monoisotopic (exact) mass is 509 g/mol. The van der Waals surface area contributed by atoms with Gasteiger partial charge in [-0.1, -0.05) is 12.1 Å². The van der Waals surface area contributed by atoms with Crippen LogP contribution < -0.4 is 26.6 Å². The minimum atomic E-state index is -0.544. The number of nitrogens with zero attached hydrogens (tertiary/aromatic N) is 5. The number of carbonyl (C=O) groups excluding carboxylic acids is 2. The highest BCUT2D eigenvalue weighted by Crippen LogP contribution is 2.33. The summed E-state index contributed by atoms with van der Waals surface area (Å²) in [5.74, 6) is 0.806. The van der Waals surface area contributed by atoms with Crippen molar-refractivity contribution in [2.75, 3.05) is 22.9 Å². The Balaban J connectivity index is 1.36. The predicted octanol–water partition coefficient (Wildman–Crippen LogP) is 3.38. The number of methoxy groups -OCH3 is 1. The summed E-state index contributed by atoms with van der Waals surface area (Å²) in [5.41, 5.74) is 8.80. The highest BCUT2D eigenvalue weighted by Gasteiger charge is 2.23. The van der Waals surface area contributed by atoms with Gasteiger partial charge in [-0.25, -0.2) is 14.8 Å². The van der Waals surface area contributed by atoms with Gasteiger partial charge in [0.1, 0.15) is 11.3 Å². The first-order chi connectivity index (χ1) is 17.7. The molecule has 4 rings (SSSR count). The van der Waals surface area contributed by atoms with Crippen LogP contribution in [0.5, 0.6) is 0 Å². The summed E-state index contributed by atoms with van der Waals surface area (Å²) in [6.07, 6.45) is 5.69. The molecule has 1 aromatic carbocycles. The number of hydrogen-bond donors (Lipinski definition) is 4. The summed E-state index contributed by atoms with van der Waals surface area (Å²) >= 11 is 0. The fraction of sp³-hybridized carbons (Fsp3) is 0.375. The van der Waals surface area contributed by atoms with E-state index in [9.17, 15) is 9.59 Å². The van der Waals surface area contributed by atoms with E-state index in [0.29, 0.717) is 37.7 Å². The normalized spacial score (nSPS) is 12.5. The summed E-state index contributed by atoms with van der Waals surface area (Å²) < 4.78 is 11.7. The Hall–Kier alpha value is -4.39. The van der Waals surface area contributed by atoms with E-state index in [0.717, 1.165) is 22.6 Å². The van der Waals surface area contributed by atoms with Crippen LogP contribution in [0.4, 0.5) is 33.6 Å². The lowest BCUT2D eigenvalue weighted by Crippen LogP contribution is -2.32. The molecule has 13 heteroatoms. The second kappa shape index (κ2) is 11.1. The maximum Gasteiger partial charge on any atom is 0.407 e. The van der Waals surface area contributed by atoms with Crippen LogP contribution in [0.15, 0.2) is 42.9 Å². The summed E-state index contributed by atoms with van der Waals surface area (Å²) in [7, 11) is 1.38. The van der Waals surface area contributed by atoms with Crippen molar-refractivity contribution in [3.63, 3.8) is 0 Å². The lowest BCUT2D eigenvalue weighted by molar-refractivity contribution is -0.140. The van der Waals surface area contributed by atoms with Crippen LogP contribution in [0.2, 0.25) is 0 Å². The lowest BCUT2D eigenvalue weighted by atomic mass is 10.2. The van der Waals surface area contributed by atoms with Gasteiger partial charge in [0.25, 0.3) is 0 Å². The molecule has 0 saturated heterocycles. The Kier molecular flexibility index (Phi) is 7.72. The minimum Gasteiger partial charge on any atom is -0.469 e. The number of ether oxygens (including phenoxy) is 2. The standard InChI is InChI=1S/C24H31N9O4/c1-24(2,3)37-23(35)26-12-16-7-9-18(10-8-16)33-21-19(30-31-33)14-25-22(29-21)28-17-13-27-32(15-17)11-5-6-20(34)36-4/h7-10,13-15,30-31H,5-6,11-12H2,1-4H3,(H,26,35)(H,25,28,29). The minimum absolute atomic E-state index is 0.240. The molecule has 0 atom stereocenters. The Labute approximate surface area is 214 Å². The second-order valence-corrected chi connectivity index (χ2v) is 9.32. The quantitative estimate of drug-likeness (QED) is 0.315. The van der Waals surface area contributed by atoms with E-state index in [2.05, 4.69) is 41.4 Å². The molecular weight excluding hydrogens is 478 g/mol. The van der Waals surface area contributed by atoms with Gasteiger partial charge in [0.05, 0.1) is 30.9 Å². The Bertz CT molecular complexity index is 1240. The van der Waals surface area contributed by atoms with Gasteiger partial charge in [-0.3, -0.25) is 14.9 Å². The molecule has 3 aromatic rings. The SMILES string of the molecule is COC(=O)CCCn1cc(Nc2ncc3c(n2)N(c2ccc(CNC(=O)OC(C)(C)C)cc2)NN3)cn1. The molecule has 0 spiro atoms. The summed E-state index contributed by atoms with van der Waals surface area (Å²) in [5, 5.41) is 12.0. The summed E-state index contributed by atoms with van der Waals surface area (Å²) in [4.78, 5) is 32.2. The van der Waals surface area contributed by atoms with Crippen molar-refractivity contribution in [1.82, 2.24) is 30.6 Å². The molecule has 196 valence electrons. The average Bonchev–Trinajstić information content (AvgIpc) is 3.48. The van der Waals surface area contributed by atoms with Crippen molar-refractivity contribution in [2.24, 2.45) is 0 Å². The maximum absolute atomic E-state index is 11.9. The van der Waals surface area contributed by atoms with Gasteiger partial charge in [0.15, 0.2) is 5.82 Å². The molecule has 0 radical (unpaired) electrons. The molecule has 4 N–H and O–H groups in total. The van der Waals surface area contributed by atoms with Gasteiger partial charge < -0.3 is 20.1 Å². The van der Waals surface area contributed by atoms with Crippen molar-refractivity contribution >= 4 is 40.9 Å². The number of carbonyl (C=O) groups is 2. The van der Waals surface area contributed by atoms with Crippen molar-refractivity contribution in [3.8, 4) is 0 Å². The van der Waals surface area contributed by atoms with Gasteiger partial charge in [-0.15, -0.1) is 5.53 Å². The van der Waals surface area contributed by atoms with Gasteiger partial charge in [0.2, 0.25) is 5.95 Å². The fourth-order valence-electron chi connectivity index (χ4n) is 3.47. The smallest absolute Gasteiger partial charge is 0.407 e. The van der Waals surface area contributed by atoms with Crippen LogP contribution in [0.25, 0.3) is 0 Å². The Morgan fingerprint density at radius 3 is 2.65 bits per heavy atom. The number of anilines is 5. The number of rotatable bonds is 9. The maximum atomic E-state index is 11.9. The van der Waals surface area contributed by atoms with Crippen LogP contribution in [0.3, 0.4) is 0 Å². The van der Waals surface area contributed by atoms with E-state index < -0.39 is 11.7 Å². The number of nitrogens with one attached hydrogen (secondary N) is 4. The van der Waals surface area contributed by atoms with E-state index >= 15 is 0 Å². The Morgan fingerprint density at radius 2 is 1.92 bits per heavy atom. The van der Waals surface area contributed by atoms with Crippen LogP contribution in [0.1, 0.15) is 39.2 Å². The third-order valence-corrected chi connectivity index (χ3v) is 5.20. The lowest BCUT2D eigenvalue weighted by Gasteiger charge is -2.20. The van der Waals surface area contributed by atoms with E-state index in [1.807, 2.05) is 51.2 Å². The first-order valence-electron chi connectivity index (χ1n) is 11.8. The van der Waals surface area contributed by atoms with Crippen LogP contribution in [-0.4, -0.2) is 44.5 Å². The van der Waals surface area contributed by atoms with Gasteiger partial charge in [0, 0.05) is 25.7 Å². The van der Waals surface area contributed by atoms with Crippen LogP contribution in [-0.2, 0) is 27.4 Å². The van der Waals surface area contributed by atoms with Crippen molar-refractivity contribution in [3.05, 3.63) is 48.4 Å². The van der Waals surface area contributed by atoms with Crippen molar-refractivity contribution < 1.29 is 19.1 Å². The second-order valence-electron chi connectivity index (χ2n) is 9.32. The zero-order chi connectivity index (χ0) is 26.4. The number of amides is 1. The van der Waals surface area contributed by atoms with Crippen LogP contribution in [0, 0.1) is 0 Å². The molecule has 0 saturated carbocycles. The summed E-state index contributed by atoms with van der Waals surface area (Å²) in [6, 6.07) is 7.68. The number of alkyl carbamates (subject to hydrolysis) is 1. The van der Waals surface area contributed by atoms with E-state index in [1.54, 1.807) is 22.1 Å². The molecule has 0 fully saturated rings. The van der Waals surface area contributed by atoms with Gasteiger partial charge in [-0.05, 0) is 44.9 Å². The molecular formula is C24H31N9O4. The highest BCUT2D eigenvalue weighted by molar-refractivity contribution is 5.76.